The summed E-state index contributed by atoms with van der Waals surface area (Å²) in [7, 11) is 0. The standard InChI is InChI=1S/C22H26N2O3/c25-21(20-7-4-12-26-20)23-13-17-18-14-24(11-9-16-5-2-1-3-6-16)15-22(18)10-8-19(17)27-22/h1-7,12,17-19H,8-11,13-15H2,(H,23,25)/t17-,18+,19+,22+/m0/s1. The van der Waals surface area contributed by atoms with Crippen molar-refractivity contribution in [3.8, 4) is 0 Å². The molecule has 142 valence electrons. The summed E-state index contributed by atoms with van der Waals surface area (Å²) in [4.78, 5) is 14.8. The first kappa shape index (κ1) is 17.0. The van der Waals surface area contributed by atoms with Crippen molar-refractivity contribution in [2.24, 2.45) is 11.8 Å². The van der Waals surface area contributed by atoms with Gasteiger partial charge in [-0.1, -0.05) is 30.3 Å². The highest BCUT2D eigenvalue weighted by atomic mass is 16.5. The van der Waals surface area contributed by atoms with Gasteiger partial charge in [0.2, 0.25) is 0 Å². The van der Waals surface area contributed by atoms with E-state index in [-0.39, 0.29) is 11.5 Å². The third-order valence-electron chi connectivity index (χ3n) is 6.66. The minimum Gasteiger partial charge on any atom is -0.459 e. The Bertz CT molecular complexity index is 791. The molecule has 1 spiro atoms. The first-order valence-corrected chi connectivity index (χ1v) is 9.99. The molecule has 3 fully saturated rings. The van der Waals surface area contributed by atoms with Crippen molar-refractivity contribution >= 4 is 5.91 Å². The van der Waals surface area contributed by atoms with Gasteiger partial charge in [0.1, 0.15) is 0 Å². The lowest BCUT2D eigenvalue weighted by atomic mass is 9.73. The van der Waals surface area contributed by atoms with Gasteiger partial charge in [0.05, 0.1) is 18.0 Å². The summed E-state index contributed by atoms with van der Waals surface area (Å²) in [5, 5.41) is 3.06. The number of hydrogen-bond acceptors (Lipinski definition) is 4. The summed E-state index contributed by atoms with van der Waals surface area (Å²) in [6.07, 6.45) is 5.18. The minimum atomic E-state index is -0.129. The van der Waals surface area contributed by atoms with Crippen LogP contribution in [0.5, 0.6) is 0 Å². The third kappa shape index (κ3) is 3.09. The maximum atomic E-state index is 12.2. The maximum Gasteiger partial charge on any atom is 0.286 e. The van der Waals surface area contributed by atoms with Gasteiger partial charge in [-0.2, -0.15) is 0 Å². The third-order valence-corrected chi connectivity index (χ3v) is 6.66. The van der Waals surface area contributed by atoms with Crippen LogP contribution in [0.3, 0.4) is 0 Å². The van der Waals surface area contributed by atoms with E-state index in [0.717, 1.165) is 38.9 Å². The molecule has 3 saturated heterocycles. The number of ether oxygens (including phenoxy) is 1. The molecule has 4 atom stereocenters. The van der Waals surface area contributed by atoms with Gasteiger partial charge in [-0.05, 0) is 37.0 Å². The number of nitrogens with one attached hydrogen (secondary N) is 1. The molecule has 0 aliphatic carbocycles. The fourth-order valence-corrected chi connectivity index (χ4v) is 5.37. The Morgan fingerprint density at radius 2 is 2.11 bits per heavy atom. The Balaban J connectivity index is 1.21. The predicted octanol–water partition coefficient (Wildman–Crippen LogP) is 2.73. The van der Waals surface area contributed by atoms with E-state index >= 15 is 0 Å². The van der Waals surface area contributed by atoms with Crippen LogP contribution in [0.25, 0.3) is 0 Å². The van der Waals surface area contributed by atoms with Gasteiger partial charge in [-0.25, -0.2) is 0 Å². The molecular weight excluding hydrogens is 340 g/mol. The molecule has 0 unspecified atom stereocenters. The molecule has 1 aromatic heterocycles. The van der Waals surface area contributed by atoms with E-state index in [4.69, 9.17) is 9.15 Å². The van der Waals surface area contributed by atoms with Crippen LogP contribution in [-0.4, -0.2) is 48.7 Å². The lowest BCUT2D eigenvalue weighted by Gasteiger charge is -2.29. The number of hydrogen-bond donors (Lipinski definition) is 1. The smallest absolute Gasteiger partial charge is 0.286 e. The molecule has 5 rings (SSSR count). The summed E-state index contributed by atoms with van der Waals surface area (Å²) in [6.45, 7) is 3.85. The Morgan fingerprint density at radius 3 is 2.93 bits per heavy atom. The number of fused-ring (bicyclic) bond motifs is 1. The number of amides is 1. The Hall–Kier alpha value is -2.11. The van der Waals surface area contributed by atoms with Gasteiger partial charge >= 0.3 is 0 Å². The van der Waals surface area contributed by atoms with Crippen molar-refractivity contribution < 1.29 is 13.9 Å². The second kappa shape index (κ2) is 6.80. The van der Waals surface area contributed by atoms with Gasteiger partial charge in [-0.3, -0.25) is 9.69 Å². The van der Waals surface area contributed by atoms with Gasteiger partial charge in [0.15, 0.2) is 5.76 Å². The molecule has 0 radical (unpaired) electrons. The zero-order valence-electron chi connectivity index (χ0n) is 15.5. The SMILES string of the molecule is O=C(NC[C@H]1[C@H]2CN(CCc3ccccc3)C[C@]23CC[C@H]1O3)c1ccco1. The lowest BCUT2D eigenvalue weighted by Crippen LogP contribution is -2.41. The molecule has 3 aliphatic rings. The van der Waals surface area contributed by atoms with Crippen molar-refractivity contribution in [3.05, 3.63) is 60.1 Å². The zero-order valence-corrected chi connectivity index (χ0v) is 15.5. The van der Waals surface area contributed by atoms with E-state index < -0.39 is 0 Å². The van der Waals surface area contributed by atoms with E-state index in [0.29, 0.717) is 30.2 Å². The highest BCUT2D eigenvalue weighted by molar-refractivity contribution is 5.91. The maximum absolute atomic E-state index is 12.2. The average molecular weight is 366 g/mol. The predicted molar refractivity (Wildman–Crippen MR) is 101 cm³/mol. The summed E-state index contributed by atoms with van der Waals surface area (Å²) >= 11 is 0. The quantitative estimate of drug-likeness (QED) is 0.854. The van der Waals surface area contributed by atoms with E-state index in [1.807, 2.05) is 0 Å². The van der Waals surface area contributed by atoms with Crippen LogP contribution in [0.1, 0.15) is 29.0 Å². The molecule has 0 saturated carbocycles. The van der Waals surface area contributed by atoms with Crippen LogP contribution in [-0.2, 0) is 11.2 Å². The summed E-state index contributed by atoms with van der Waals surface area (Å²) < 4.78 is 11.7. The molecule has 5 nitrogen and oxygen atoms in total. The normalized spacial score (nSPS) is 31.9. The van der Waals surface area contributed by atoms with Gasteiger partial charge in [0.25, 0.3) is 5.91 Å². The number of carbonyl (C=O) groups excluding carboxylic acids is 1. The molecule has 1 aromatic carbocycles. The zero-order chi connectivity index (χ0) is 18.3. The van der Waals surface area contributed by atoms with Crippen molar-refractivity contribution in [2.75, 3.05) is 26.2 Å². The number of nitrogens with zero attached hydrogens (tertiary/aromatic N) is 1. The highest BCUT2D eigenvalue weighted by Gasteiger charge is 2.62. The number of rotatable bonds is 6. The van der Waals surface area contributed by atoms with Gasteiger partial charge in [0, 0.05) is 38.0 Å². The molecular formula is C22H26N2O3. The first-order chi connectivity index (χ1) is 13.2. The first-order valence-electron chi connectivity index (χ1n) is 9.99. The number of benzene rings is 1. The lowest BCUT2D eigenvalue weighted by molar-refractivity contribution is 0.00285. The van der Waals surface area contributed by atoms with Crippen LogP contribution in [0.4, 0.5) is 0 Å². The van der Waals surface area contributed by atoms with Crippen LogP contribution in [0.2, 0.25) is 0 Å². The largest absolute Gasteiger partial charge is 0.459 e. The van der Waals surface area contributed by atoms with Crippen molar-refractivity contribution in [1.82, 2.24) is 10.2 Å². The van der Waals surface area contributed by atoms with E-state index in [2.05, 4.69) is 40.5 Å². The minimum absolute atomic E-state index is 0.0153. The Morgan fingerprint density at radius 1 is 1.22 bits per heavy atom. The van der Waals surface area contributed by atoms with E-state index in [1.54, 1.807) is 12.1 Å². The second-order valence-electron chi connectivity index (χ2n) is 8.19. The van der Waals surface area contributed by atoms with Gasteiger partial charge < -0.3 is 14.5 Å². The second-order valence-corrected chi connectivity index (χ2v) is 8.19. The summed E-state index contributed by atoms with van der Waals surface area (Å²) in [5.74, 6) is 1.17. The van der Waals surface area contributed by atoms with Crippen LogP contribution >= 0.6 is 0 Å². The summed E-state index contributed by atoms with van der Waals surface area (Å²) in [5.41, 5.74) is 1.40. The number of furan rings is 1. The molecule has 27 heavy (non-hydrogen) atoms. The Kier molecular flexibility index (Phi) is 4.29. The average Bonchev–Trinajstić information content (AvgIpc) is 3.46. The fraction of sp³-hybridized carbons (Fsp3) is 0.500. The van der Waals surface area contributed by atoms with Crippen LogP contribution in [0, 0.1) is 11.8 Å². The molecule has 1 amide bonds. The molecule has 5 heteroatoms. The van der Waals surface area contributed by atoms with Crippen LogP contribution < -0.4 is 5.32 Å². The van der Waals surface area contributed by atoms with Crippen molar-refractivity contribution in [3.63, 3.8) is 0 Å². The number of carbonyl (C=O) groups is 1. The van der Waals surface area contributed by atoms with E-state index in [1.165, 1.54) is 11.8 Å². The molecule has 2 bridgehead atoms. The van der Waals surface area contributed by atoms with Crippen molar-refractivity contribution in [1.29, 1.82) is 0 Å². The summed E-state index contributed by atoms with van der Waals surface area (Å²) in [6, 6.07) is 14.1. The molecule has 2 aromatic rings. The molecule has 3 aliphatic heterocycles. The van der Waals surface area contributed by atoms with Gasteiger partial charge in [-0.15, -0.1) is 0 Å². The number of likely N-dealkylation sites (tertiary alicyclic amines) is 1. The molecule has 1 N–H and O–H groups in total. The van der Waals surface area contributed by atoms with Crippen LogP contribution in [0.15, 0.2) is 53.1 Å². The monoisotopic (exact) mass is 366 g/mol. The Labute approximate surface area is 159 Å². The fourth-order valence-electron chi connectivity index (χ4n) is 5.37. The highest BCUT2D eigenvalue weighted by Crippen LogP contribution is 2.54. The molecule has 4 heterocycles. The van der Waals surface area contributed by atoms with Crippen molar-refractivity contribution in [2.45, 2.75) is 31.0 Å². The van der Waals surface area contributed by atoms with E-state index in [9.17, 15) is 4.79 Å². The topological polar surface area (TPSA) is 54.7 Å².